The molecule has 0 spiro atoms. The molecule has 0 atom stereocenters. The van der Waals surface area contributed by atoms with E-state index >= 15 is 0 Å². The molecule has 0 aromatic heterocycles. The molecule has 0 amide bonds. The number of guanidine groups is 1. The summed E-state index contributed by atoms with van der Waals surface area (Å²) in [5, 5.41) is 3.15. The molecule has 0 fully saturated rings. The maximum atomic E-state index is 5.78. The van der Waals surface area contributed by atoms with Crippen LogP contribution >= 0.6 is 24.0 Å². The summed E-state index contributed by atoms with van der Waals surface area (Å²) < 4.78 is 0. The number of hydrogen-bond acceptors (Lipinski definition) is 2. The minimum atomic E-state index is 0. The van der Waals surface area contributed by atoms with Crippen molar-refractivity contribution in [3.63, 3.8) is 0 Å². The van der Waals surface area contributed by atoms with Gasteiger partial charge in [-0.25, -0.2) is 0 Å². The Morgan fingerprint density at radius 2 is 1.74 bits per heavy atom. The maximum absolute atomic E-state index is 5.78. The van der Waals surface area contributed by atoms with Crippen LogP contribution < -0.4 is 11.1 Å². The number of rotatable bonds is 11. The van der Waals surface area contributed by atoms with Gasteiger partial charge in [-0.3, -0.25) is 4.99 Å². The van der Waals surface area contributed by atoms with Crippen LogP contribution in [0.5, 0.6) is 0 Å². The molecule has 0 saturated carbocycles. The molecule has 116 valence electrons. The van der Waals surface area contributed by atoms with Crippen LogP contribution in [-0.2, 0) is 0 Å². The third-order valence-corrected chi connectivity index (χ3v) is 3.13. The molecule has 0 radical (unpaired) electrons. The van der Waals surface area contributed by atoms with Crippen molar-refractivity contribution < 1.29 is 0 Å². The van der Waals surface area contributed by atoms with Gasteiger partial charge in [0.05, 0.1) is 0 Å². The molecule has 0 unspecified atom stereocenters. The molecule has 0 aromatic rings. The summed E-state index contributed by atoms with van der Waals surface area (Å²) in [6.45, 7) is 8.19. The molecule has 0 bridgehead atoms. The first-order valence-corrected chi connectivity index (χ1v) is 7.43. The third-order valence-electron chi connectivity index (χ3n) is 3.13. The Labute approximate surface area is 136 Å². The molecule has 0 aliphatic heterocycles. The first-order valence-electron chi connectivity index (χ1n) is 7.43. The van der Waals surface area contributed by atoms with Crippen molar-refractivity contribution in [2.75, 3.05) is 33.2 Å². The number of unbranched alkanes of at least 4 members (excludes halogenated alkanes) is 5. The summed E-state index contributed by atoms with van der Waals surface area (Å²) >= 11 is 0. The van der Waals surface area contributed by atoms with Gasteiger partial charge in [-0.2, -0.15) is 0 Å². The fourth-order valence-corrected chi connectivity index (χ4v) is 1.68. The topological polar surface area (TPSA) is 53.6 Å². The first-order chi connectivity index (χ1) is 8.70. The summed E-state index contributed by atoms with van der Waals surface area (Å²) in [4.78, 5) is 6.57. The summed E-state index contributed by atoms with van der Waals surface area (Å²) in [5.41, 5.74) is 5.78. The number of halogens is 1. The summed E-state index contributed by atoms with van der Waals surface area (Å²) in [6, 6.07) is 0. The van der Waals surface area contributed by atoms with Crippen LogP contribution in [0.25, 0.3) is 0 Å². The van der Waals surface area contributed by atoms with Gasteiger partial charge in [0.1, 0.15) is 0 Å². The summed E-state index contributed by atoms with van der Waals surface area (Å²) in [5.74, 6) is 0.591. The highest BCUT2D eigenvalue weighted by atomic mass is 127. The molecule has 0 aromatic carbocycles. The number of likely N-dealkylation sites (N-methyl/N-ethyl adjacent to an activating group) is 1. The van der Waals surface area contributed by atoms with Crippen LogP contribution in [0.2, 0.25) is 0 Å². The van der Waals surface area contributed by atoms with E-state index in [1.54, 1.807) is 0 Å². The second-order valence-corrected chi connectivity index (χ2v) is 4.86. The van der Waals surface area contributed by atoms with E-state index in [1.807, 2.05) is 0 Å². The number of nitrogens with one attached hydrogen (secondary N) is 1. The van der Waals surface area contributed by atoms with E-state index in [0.29, 0.717) is 5.96 Å². The van der Waals surface area contributed by atoms with E-state index in [0.717, 1.165) is 32.6 Å². The van der Waals surface area contributed by atoms with Crippen LogP contribution in [0.3, 0.4) is 0 Å². The Bertz CT molecular complexity index is 210. The number of nitrogens with two attached hydrogens (primary N) is 1. The van der Waals surface area contributed by atoms with E-state index in [9.17, 15) is 0 Å². The second-order valence-electron chi connectivity index (χ2n) is 4.86. The molecule has 3 N–H and O–H groups in total. The van der Waals surface area contributed by atoms with Gasteiger partial charge in [0.15, 0.2) is 5.96 Å². The minimum Gasteiger partial charge on any atom is -0.370 e. The van der Waals surface area contributed by atoms with E-state index in [2.05, 4.69) is 36.1 Å². The van der Waals surface area contributed by atoms with Crippen molar-refractivity contribution in [3.05, 3.63) is 0 Å². The lowest BCUT2D eigenvalue weighted by Gasteiger charge is -2.14. The van der Waals surface area contributed by atoms with Gasteiger partial charge in [0.2, 0.25) is 0 Å². The Kier molecular flexibility index (Phi) is 17.9. The van der Waals surface area contributed by atoms with Crippen molar-refractivity contribution in [1.82, 2.24) is 10.2 Å². The van der Waals surface area contributed by atoms with Crippen molar-refractivity contribution in [2.45, 2.75) is 52.4 Å². The van der Waals surface area contributed by atoms with Crippen LogP contribution in [-0.4, -0.2) is 44.1 Å². The van der Waals surface area contributed by atoms with Crippen LogP contribution in [0.15, 0.2) is 4.99 Å². The Morgan fingerprint density at radius 3 is 2.37 bits per heavy atom. The lowest BCUT2D eigenvalue weighted by atomic mass is 10.1. The van der Waals surface area contributed by atoms with Gasteiger partial charge in [-0.1, -0.05) is 46.0 Å². The van der Waals surface area contributed by atoms with Crippen molar-refractivity contribution in [2.24, 2.45) is 10.7 Å². The molecule has 0 saturated heterocycles. The monoisotopic (exact) mass is 384 g/mol. The summed E-state index contributed by atoms with van der Waals surface area (Å²) in [6.07, 6.45) is 7.78. The van der Waals surface area contributed by atoms with Gasteiger partial charge in [0.25, 0.3) is 0 Å². The standard InChI is InChI=1S/C14H32N4.HI/c1-4-6-7-8-9-10-11-16-14(15)17-12-13-18(3)5-2;/h4-13H2,1-3H3,(H3,15,16,17);1H. The van der Waals surface area contributed by atoms with E-state index in [1.165, 1.54) is 32.1 Å². The van der Waals surface area contributed by atoms with Gasteiger partial charge in [-0.15, -0.1) is 24.0 Å². The Hall–Kier alpha value is -0.0400. The van der Waals surface area contributed by atoms with Crippen LogP contribution in [0, 0.1) is 0 Å². The maximum Gasteiger partial charge on any atom is 0.188 e. The van der Waals surface area contributed by atoms with Crippen molar-refractivity contribution in [1.29, 1.82) is 0 Å². The van der Waals surface area contributed by atoms with Gasteiger partial charge < -0.3 is 16.0 Å². The molecule has 0 aliphatic carbocycles. The lowest BCUT2D eigenvalue weighted by Crippen LogP contribution is -2.37. The summed E-state index contributed by atoms with van der Waals surface area (Å²) in [7, 11) is 2.10. The smallest absolute Gasteiger partial charge is 0.188 e. The van der Waals surface area contributed by atoms with E-state index in [-0.39, 0.29) is 24.0 Å². The quantitative estimate of drug-likeness (QED) is 0.249. The third kappa shape index (κ3) is 15.9. The zero-order valence-corrected chi connectivity index (χ0v) is 15.3. The van der Waals surface area contributed by atoms with E-state index < -0.39 is 0 Å². The first kappa shape index (κ1) is 21.3. The lowest BCUT2D eigenvalue weighted by molar-refractivity contribution is 0.357. The normalized spacial score (nSPS) is 11.5. The zero-order valence-electron chi connectivity index (χ0n) is 13.0. The predicted molar refractivity (Wildman–Crippen MR) is 96.5 cm³/mol. The molecule has 0 heterocycles. The highest BCUT2D eigenvalue weighted by Gasteiger charge is 1.95. The molecule has 5 heteroatoms. The molecular weight excluding hydrogens is 351 g/mol. The molecule has 4 nitrogen and oxygen atoms in total. The molecular formula is C14H33IN4. The van der Waals surface area contributed by atoms with Gasteiger partial charge in [0, 0.05) is 19.6 Å². The Balaban J connectivity index is 0. The number of hydrogen-bond donors (Lipinski definition) is 2. The molecule has 19 heavy (non-hydrogen) atoms. The fraction of sp³-hybridized carbons (Fsp3) is 0.929. The Morgan fingerprint density at radius 1 is 1.11 bits per heavy atom. The number of aliphatic imine (C=N–C) groups is 1. The molecule has 0 aliphatic rings. The number of nitrogens with zero attached hydrogens (tertiary/aromatic N) is 2. The molecule has 0 rings (SSSR count). The fourth-order valence-electron chi connectivity index (χ4n) is 1.68. The van der Waals surface area contributed by atoms with Crippen molar-refractivity contribution >= 4 is 29.9 Å². The zero-order chi connectivity index (χ0) is 13.6. The van der Waals surface area contributed by atoms with Gasteiger partial charge in [-0.05, 0) is 20.0 Å². The largest absolute Gasteiger partial charge is 0.370 e. The minimum absolute atomic E-state index is 0. The highest BCUT2D eigenvalue weighted by Crippen LogP contribution is 2.04. The predicted octanol–water partition coefficient (Wildman–Crippen LogP) is 2.82. The van der Waals surface area contributed by atoms with E-state index in [4.69, 9.17) is 5.73 Å². The highest BCUT2D eigenvalue weighted by molar-refractivity contribution is 14.0. The van der Waals surface area contributed by atoms with Crippen LogP contribution in [0.4, 0.5) is 0 Å². The average molecular weight is 384 g/mol. The van der Waals surface area contributed by atoms with Crippen LogP contribution in [0.1, 0.15) is 52.4 Å². The SMILES string of the molecule is CCCCCCCCN=C(N)NCCN(C)CC.I. The van der Waals surface area contributed by atoms with Gasteiger partial charge >= 0.3 is 0 Å². The second kappa shape index (κ2) is 16.0. The van der Waals surface area contributed by atoms with Crippen molar-refractivity contribution in [3.8, 4) is 0 Å². The average Bonchev–Trinajstić information content (AvgIpc) is 2.37.